The zero-order chi connectivity index (χ0) is 15.5. The van der Waals surface area contributed by atoms with Gasteiger partial charge in [0.1, 0.15) is 0 Å². The van der Waals surface area contributed by atoms with E-state index < -0.39 is 9.84 Å². The van der Waals surface area contributed by atoms with Gasteiger partial charge in [0.05, 0.1) is 22.2 Å². The van der Waals surface area contributed by atoms with Crippen molar-refractivity contribution in [2.24, 2.45) is 0 Å². The summed E-state index contributed by atoms with van der Waals surface area (Å²) in [5, 5.41) is 3.50. The predicted octanol–water partition coefficient (Wildman–Crippen LogP) is 3.04. The van der Waals surface area contributed by atoms with E-state index in [0.717, 1.165) is 6.26 Å². The fourth-order valence-corrected chi connectivity index (χ4v) is 2.60. The van der Waals surface area contributed by atoms with E-state index in [1.165, 1.54) is 24.3 Å². The van der Waals surface area contributed by atoms with Crippen LogP contribution in [0.1, 0.15) is 10.4 Å². The molecule has 2 rings (SSSR count). The lowest BCUT2D eigenvalue weighted by atomic mass is 10.1. The van der Waals surface area contributed by atoms with Crippen LogP contribution < -0.4 is 5.32 Å². The summed E-state index contributed by atoms with van der Waals surface area (Å²) in [7, 11) is -3.25. The number of sulfone groups is 1. The SMILES string of the molecule is CS(=O)(=O)c1ccc(C(=O)CNc2ccccc2Cl)cc1. The molecule has 0 spiro atoms. The minimum atomic E-state index is -3.25. The van der Waals surface area contributed by atoms with Crippen molar-refractivity contribution in [3.63, 3.8) is 0 Å². The maximum absolute atomic E-state index is 12.0. The highest BCUT2D eigenvalue weighted by atomic mass is 35.5. The van der Waals surface area contributed by atoms with Gasteiger partial charge in [-0.1, -0.05) is 35.9 Å². The molecule has 1 N–H and O–H groups in total. The van der Waals surface area contributed by atoms with Crippen LogP contribution in [0.3, 0.4) is 0 Å². The quantitative estimate of drug-likeness (QED) is 0.859. The fourth-order valence-electron chi connectivity index (χ4n) is 1.77. The molecule has 0 aliphatic heterocycles. The van der Waals surface area contributed by atoms with Crippen LogP contribution in [0.15, 0.2) is 53.4 Å². The Kier molecular flexibility index (Phi) is 4.65. The van der Waals surface area contributed by atoms with E-state index in [-0.39, 0.29) is 17.2 Å². The molecular weight excluding hydrogens is 310 g/mol. The van der Waals surface area contributed by atoms with Crippen LogP contribution >= 0.6 is 11.6 Å². The normalized spacial score (nSPS) is 11.1. The molecule has 21 heavy (non-hydrogen) atoms. The second kappa shape index (κ2) is 6.28. The molecule has 0 saturated heterocycles. The third-order valence-corrected chi connectivity index (χ3v) is 4.38. The second-order valence-corrected chi connectivity index (χ2v) is 6.98. The second-order valence-electron chi connectivity index (χ2n) is 4.55. The molecule has 0 unspecified atom stereocenters. The van der Waals surface area contributed by atoms with Crippen molar-refractivity contribution in [2.75, 3.05) is 18.1 Å². The van der Waals surface area contributed by atoms with Crippen LogP contribution in [0.2, 0.25) is 5.02 Å². The lowest BCUT2D eigenvalue weighted by Gasteiger charge is -2.07. The molecule has 0 atom stereocenters. The van der Waals surface area contributed by atoms with Crippen LogP contribution in [0.5, 0.6) is 0 Å². The number of anilines is 1. The molecule has 0 aliphatic carbocycles. The van der Waals surface area contributed by atoms with E-state index in [2.05, 4.69) is 5.32 Å². The van der Waals surface area contributed by atoms with Gasteiger partial charge >= 0.3 is 0 Å². The molecule has 2 aromatic rings. The Morgan fingerprint density at radius 2 is 1.71 bits per heavy atom. The predicted molar refractivity (Wildman–Crippen MR) is 83.8 cm³/mol. The summed E-state index contributed by atoms with van der Waals surface area (Å²) in [6.07, 6.45) is 1.13. The zero-order valence-electron chi connectivity index (χ0n) is 11.3. The van der Waals surface area contributed by atoms with Gasteiger partial charge < -0.3 is 5.32 Å². The van der Waals surface area contributed by atoms with Crippen LogP contribution in [-0.4, -0.2) is 27.0 Å². The number of para-hydroxylation sites is 1. The molecule has 110 valence electrons. The van der Waals surface area contributed by atoms with Gasteiger partial charge in [-0.15, -0.1) is 0 Å². The van der Waals surface area contributed by atoms with Crippen molar-refractivity contribution in [3.8, 4) is 0 Å². The number of carbonyl (C=O) groups excluding carboxylic acids is 1. The smallest absolute Gasteiger partial charge is 0.181 e. The fraction of sp³-hybridized carbons (Fsp3) is 0.133. The highest BCUT2D eigenvalue weighted by molar-refractivity contribution is 7.90. The number of hydrogen-bond donors (Lipinski definition) is 1. The Morgan fingerprint density at radius 3 is 2.29 bits per heavy atom. The van der Waals surface area contributed by atoms with Crippen molar-refractivity contribution in [1.29, 1.82) is 0 Å². The molecule has 0 heterocycles. The van der Waals surface area contributed by atoms with Gasteiger partial charge in [-0.3, -0.25) is 4.79 Å². The summed E-state index contributed by atoms with van der Waals surface area (Å²) >= 11 is 5.98. The molecule has 4 nitrogen and oxygen atoms in total. The third kappa shape index (κ3) is 4.06. The Balaban J connectivity index is 2.06. The first-order valence-corrected chi connectivity index (χ1v) is 8.46. The number of Topliss-reactive ketones (excluding diaryl/α,β-unsaturated/α-hetero) is 1. The first-order chi connectivity index (χ1) is 9.88. The number of carbonyl (C=O) groups is 1. The molecule has 0 saturated carbocycles. The third-order valence-electron chi connectivity index (χ3n) is 2.92. The van der Waals surface area contributed by atoms with Crippen LogP contribution in [-0.2, 0) is 9.84 Å². The van der Waals surface area contributed by atoms with Gasteiger partial charge in [-0.05, 0) is 24.3 Å². The molecule has 0 bridgehead atoms. The number of halogens is 1. The molecule has 0 aliphatic rings. The Hall–Kier alpha value is -1.85. The summed E-state index contributed by atoms with van der Waals surface area (Å²) < 4.78 is 22.7. The van der Waals surface area contributed by atoms with Crippen molar-refractivity contribution in [3.05, 3.63) is 59.1 Å². The maximum atomic E-state index is 12.0. The summed E-state index contributed by atoms with van der Waals surface area (Å²) in [5.41, 5.74) is 1.13. The molecule has 0 radical (unpaired) electrons. The summed E-state index contributed by atoms with van der Waals surface area (Å²) in [5.74, 6) is -0.144. The average molecular weight is 324 g/mol. The topological polar surface area (TPSA) is 63.2 Å². The van der Waals surface area contributed by atoms with Gasteiger partial charge in [0, 0.05) is 11.8 Å². The van der Waals surface area contributed by atoms with Gasteiger partial charge in [0.25, 0.3) is 0 Å². The van der Waals surface area contributed by atoms with E-state index in [1.54, 1.807) is 18.2 Å². The number of benzene rings is 2. The lowest BCUT2D eigenvalue weighted by molar-refractivity contribution is 0.101. The Bertz CT molecular complexity index is 755. The van der Waals surface area contributed by atoms with Crippen molar-refractivity contribution in [2.45, 2.75) is 4.90 Å². The highest BCUT2D eigenvalue weighted by Gasteiger charge is 2.10. The summed E-state index contributed by atoms with van der Waals surface area (Å²) in [4.78, 5) is 12.2. The Labute approximate surface area is 128 Å². The van der Waals surface area contributed by atoms with Gasteiger partial charge in [0.2, 0.25) is 0 Å². The minimum Gasteiger partial charge on any atom is -0.376 e. The van der Waals surface area contributed by atoms with E-state index in [9.17, 15) is 13.2 Å². The largest absolute Gasteiger partial charge is 0.376 e. The van der Waals surface area contributed by atoms with Crippen LogP contribution in [0, 0.1) is 0 Å². The van der Waals surface area contributed by atoms with Gasteiger partial charge in [-0.25, -0.2) is 8.42 Å². The van der Waals surface area contributed by atoms with Crippen molar-refractivity contribution in [1.82, 2.24) is 0 Å². The van der Waals surface area contributed by atoms with Crippen LogP contribution in [0.25, 0.3) is 0 Å². The minimum absolute atomic E-state index is 0.0853. The summed E-state index contributed by atoms with van der Waals surface area (Å²) in [6, 6.07) is 13.0. The number of hydrogen-bond acceptors (Lipinski definition) is 4. The average Bonchev–Trinajstić information content (AvgIpc) is 2.45. The molecule has 6 heteroatoms. The van der Waals surface area contributed by atoms with Crippen molar-refractivity contribution < 1.29 is 13.2 Å². The number of ketones is 1. The van der Waals surface area contributed by atoms with E-state index in [0.29, 0.717) is 16.3 Å². The summed E-state index contributed by atoms with van der Waals surface area (Å²) in [6.45, 7) is 0.0853. The highest BCUT2D eigenvalue weighted by Crippen LogP contribution is 2.20. The van der Waals surface area contributed by atoms with Crippen molar-refractivity contribution >= 4 is 32.9 Å². The number of rotatable bonds is 5. The maximum Gasteiger partial charge on any atom is 0.181 e. The molecule has 0 aromatic heterocycles. The zero-order valence-corrected chi connectivity index (χ0v) is 12.9. The van der Waals surface area contributed by atoms with Gasteiger partial charge in [0.15, 0.2) is 15.6 Å². The Morgan fingerprint density at radius 1 is 1.10 bits per heavy atom. The monoisotopic (exact) mass is 323 g/mol. The van der Waals surface area contributed by atoms with E-state index >= 15 is 0 Å². The molecular formula is C15H14ClNO3S. The van der Waals surface area contributed by atoms with Gasteiger partial charge in [-0.2, -0.15) is 0 Å². The van der Waals surface area contributed by atoms with E-state index in [4.69, 9.17) is 11.6 Å². The van der Waals surface area contributed by atoms with Crippen LogP contribution in [0.4, 0.5) is 5.69 Å². The van der Waals surface area contributed by atoms with E-state index in [1.807, 2.05) is 6.07 Å². The first-order valence-electron chi connectivity index (χ1n) is 6.19. The lowest BCUT2D eigenvalue weighted by Crippen LogP contribution is -2.14. The molecule has 2 aromatic carbocycles. The molecule has 0 amide bonds. The standard InChI is InChI=1S/C15H14ClNO3S/c1-21(19,20)12-8-6-11(7-9-12)15(18)10-17-14-5-3-2-4-13(14)16/h2-9,17H,10H2,1H3. The first kappa shape index (κ1) is 15.5. The number of nitrogens with one attached hydrogen (secondary N) is 1. The molecule has 0 fully saturated rings.